The second kappa shape index (κ2) is 8.19. The van der Waals surface area contributed by atoms with E-state index in [0.717, 1.165) is 34.0 Å². The first-order chi connectivity index (χ1) is 12.6. The van der Waals surface area contributed by atoms with Crippen LogP contribution in [0.2, 0.25) is 0 Å². The van der Waals surface area contributed by atoms with Crippen LogP contribution < -0.4 is 9.46 Å². The lowest BCUT2D eigenvalue weighted by Gasteiger charge is -2.14. The Hall–Kier alpha value is -2.60. The standard InChI is InChI=1S/C20H22N4OS/c1-13-9-18(20(25-4)23-11-13)26-24-16-7-5-14(2)17(10-16)15-6-8-19(21-3)22-12-15/h5-7,9-12,24H,8H2,1-4H3. The lowest BCUT2D eigenvalue weighted by atomic mass is 9.98. The zero-order valence-electron chi connectivity index (χ0n) is 15.4. The Morgan fingerprint density at radius 2 is 2.08 bits per heavy atom. The average Bonchev–Trinajstić information content (AvgIpc) is 2.67. The number of nitrogens with one attached hydrogen (secondary N) is 1. The van der Waals surface area contributed by atoms with Crippen LogP contribution in [0.5, 0.6) is 5.88 Å². The van der Waals surface area contributed by atoms with Gasteiger partial charge < -0.3 is 9.46 Å². The predicted molar refractivity (Wildman–Crippen MR) is 111 cm³/mol. The molecule has 3 rings (SSSR count). The number of hydrogen-bond acceptors (Lipinski definition) is 5. The van der Waals surface area contributed by atoms with Crippen LogP contribution >= 0.6 is 11.9 Å². The summed E-state index contributed by atoms with van der Waals surface area (Å²) in [6.45, 7) is 4.13. The number of methoxy groups -OCH3 is 1. The Morgan fingerprint density at radius 1 is 1.23 bits per heavy atom. The normalized spacial score (nSPS) is 15.1. The number of hydrogen-bond donors (Lipinski definition) is 1. The predicted octanol–water partition coefficient (Wildman–Crippen LogP) is 4.71. The van der Waals surface area contributed by atoms with Gasteiger partial charge in [-0.1, -0.05) is 12.1 Å². The van der Waals surface area contributed by atoms with Crippen molar-refractivity contribution >= 4 is 35.3 Å². The number of rotatable bonds is 5. The van der Waals surface area contributed by atoms with E-state index in [2.05, 4.69) is 57.0 Å². The Labute approximate surface area is 158 Å². The van der Waals surface area contributed by atoms with Gasteiger partial charge in [0.15, 0.2) is 0 Å². The van der Waals surface area contributed by atoms with Gasteiger partial charge in [0.1, 0.15) is 5.84 Å². The summed E-state index contributed by atoms with van der Waals surface area (Å²) in [5.41, 5.74) is 5.62. The molecule has 0 aliphatic carbocycles. The van der Waals surface area contributed by atoms with E-state index in [0.29, 0.717) is 5.88 Å². The molecule has 26 heavy (non-hydrogen) atoms. The highest BCUT2D eigenvalue weighted by Gasteiger charge is 2.10. The number of pyridine rings is 1. The van der Waals surface area contributed by atoms with Crippen LogP contribution in [0.3, 0.4) is 0 Å². The van der Waals surface area contributed by atoms with Crippen molar-refractivity contribution < 1.29 is 4.74 Å². The minimum atomic E-state index is 0.619. The lowest BCUT2D eigenvalue weighted by molar-refractivity contribution is 0.387. The highest BCUT2D eigenvalue weighted by molar-refractivity contribution is 8.00. The number of aryl methyl sites for hydroxylation is 2. The summed E-state index contributed by atoms with van der Waals surface area (Å²) < 4.78 is 8.73. The maximum absolute atomic E-state index is 5.34. The van der Waals surface area contributed by atoms with Crippen molar-refractivity contribution in [2.24, 2.45) is 9.98 Å². The molecule has 2 heterocycles. The molecule has 1 aliphatic heterocycles. The first kappa shape index (κ1) is 18.2. The highest BCUT2D eigenvalue weighted by atomic mass is 32.2. The van der Waals surface area contributed by atoms with Crippen LogP contribution in [0.25, 0.3) is 5.57 Å². The van der Waals surface area contributed by atoms with Crippen LogP contribution in [0.1, 0.15) is 23.1 Å². The topological polar surface area (TPSA) is 58.9 Å². The number of ether oxygens (including phenoxy) is 1. The number of amidine groups is 1. The fraction of sp³-hybridized carbons (Fsp3) is 0.250. The van der Waals surface area contributed by atoms with Crippen LogP contribution in [0.4, 0.5) is 5.69 Å². The van der Waals surface area contributed by atoms with Gasteiger partial charge in [0.25, 0.3) is 0 Å². The second-order valence-corrected chi connectivity index (χ2v) is 6.86. The zero-order chi connectivity index (χ0) is 18.5. The van der Waals surface area contributed by atoms with Gasteiger partial charge in [-0.3, -0.25) is 4.99 Å². The van der Waals surface area contributed by atoms with Gasteiger partial charge in [0, 0.05) is 31.6 Å². The molecule has 0 amide bonds. The maximum atomic E-state index is 5.34. The van der Waals surface area contributed by atoms with Crippen LogP contribution in [0, 0.1) is 13.8 Å². The number of dihydropyridines is 1. The maximum Gasteiger partial charge on any atom is 0.228 e. The first-order valence-corrected chi connectivity index (χ1v) is 9.16. The molecular weight excluding hydrogens is 344 g/mol. The molecule has 1 N–H and O–H groups in total. The summed E-state index contributed by atoms with van der Waals surface area (Å²) in [5, 5.41) is 0. The van der Waals surface area contributed by atoms with E-state index < -0.39 is 0 Å². The molecule has 0 unspecified atom stereocenters. The summed E-state index contributed by atoms with van der Waals surface area (Å²) in [6.07, 6.45) is 6.62. The zero-order valence-corrected chi connectivity index (χ0v) is 16.2. The summed E-state index contributed by atoms with van der Waals surface area (Å²) in [6, 6.07) is 8.38. The van der Waals surface area contributed by atoms with Crippen LogP contribution in [-0.2, 0) is 0 Å². The third-order valence-electron chi connectivity index (χ3n) is 4.09. The average molecular weight is 366 g/mol. The van der Waals surface area contributed by atoms with Crippen LogP contribution in [0.15, 0.2) is 51.4 Å². The third kappa shape index (κ3) is 4.14. The minimum Gasteiger partial charge on any atom is -0.480 e. The lowest BCUT2D eigenvalue weighted by Crippen LogP contribution is -2.02. The molecule has 0 saturated carbocycles. The van der Waals surface area contributed by atoms with Gasteiger partial charge in [-0.2, -0.15) is 0 Å². The van der Waals surface area contributed by atoms with E-state index in [1.165, 1.54) is 23.1 Å². The Balaban J connectivity index is 1.80. The molecule has 2 aromatic rings. The molecule has 1 aromatic heterocycles. The monoisotopic (exact) mass is 366 g/mol. The van der Waals surface area contributed by atoms with Gasteiger partial charge in [0.05, 0.1) is 12.0 Å². The summed E-state index contributed by atoms with van der Waals surface area (Å²) in [4.78, 5) is 13.8. The van der Waals surface area contributed by atoms with Gasteiger partial charge in [-0.25, -0.2) is 9.98 Å². The molecule has 0 bridgehead atoms. The van der Waals surface area contributed by atoms with Crippen molar-refractivity contribution in [3.05, 3.63) is 53.2 Å². The van der Waals surface area contributed by atoms with E-state index in [1.54, 1.807) is 20.4 Å². The Bertz CT molecular complexity index is 903. The van der Waals surface area contributed by atoms with E-state index in [1.807, 2.05) is 13.1 Å². The molecule has 6 heteroatoms. The fourth-order valence-electron chi connectivity index (χ4n) is 2.65. The van der Waals surface area contributed by atoms with Gasteiger partial charge >= 0.3 is 0 Å². The summed E-state index contributed by atoms with van der Waals surface area (Å²) >= 11 is 1.49. The van der Waals surface area contributed by atoms with Crippen LogP contribution in [-0.4, -0.2) is 31.2 Å². The number of anilines is 1. The third-order valence-corrected chi connectivity index (χ3v) is 4.94. The number of allylic oxidation sites excluding steroid dienone is 1. The van der Waals surface area contributed by atoms with Gasteiger partial charge in [0.2, 0.25) is 5.88 Å². The molecule has 1 aliphatic rings. The summed E-state index contributed by atoms with van der Waals surface area (Å²) in [5.74, 6) is 1.48. The molecule has 0 radical (unpaired) electrons. The van der Waals surface area contributed by atoms with Crippen molar-refractivity contribution in [3.63, 3.8) is 0 Å². The number of aromatic nitrogens is 1. The molecule has 0 atom stereocenters. The number of benzene rings is 1. The highest BCUT2D eigenvalue weighted by Crippen LogP contribution is 2.31. The largest absolute Gasteiger partial charge is 0.480 e. The van der Waals surface area contributed by atoms with E-state index in [-0.39, 0.29) is 0 Å². The van der Waals surface area contributed by atoms with E-state index >= 15 is 0 Å². The molecule has 0 spiro atoms. The van der Waals surface area contributed by atoms with Crippen molar-refractivity contribution in [1.29, 1.82) is 0 Å². The smallest absolute Gasteiger partial charge is 0.228 e. The molecule has 0 saturated heterocycles. The number of nitrogens with zero attached hydrogens (tertiary/aromatic N) is 3. The second-order valence-electron chi connectivity index (χ2n) is 6.02. The SMILES string of the molecule is CN=C1CC=C(c2cc(NSc3cc(C)cnc3OC)ccc2C)C=N1. The fourth-order valence-corrected chi connectivity index (χ4v) is 3.47. The number of aliphatic imine (C=N–C) groups is 2. The van der Waals surface area contributed by atoms with E-state index in [9.17, 15) is 0 Å². The van der Waals surface area contributed by atoms with Crippen molar-refractivity contribution in [1.82, 2.24) is 4.98 Å². The van der Waals surface area contributed by atoms with E-state index in [4.69, 9.17) is 4.74 Å². The molecule has 5 nitrogen and oxygen atoms in total. The molecule has 134 valence electrons. The van der Waals surface area contributed by atoms with Crippen molar-refractivity contribution in [3.8, 4) is 5.88 Å². The minimum absolute atomic E-state index is 0.619. The molecule has 1 aromatic carbocycles. The Kier molecular flexibility index (Phi) is 5.73. The molecular formula is C20H22N4OS. The quantitative estimate of drug-likeness (QED) is 0.779. The van der Waals surface area contributed by atoms with Gasteiger partial charge in [-0.15, -0.1) is 0 Å². The van der Waals surface area contributed by atoms with Crippen molar-refractivity contribution in [2.45, 2.75) is 25.2 Å². The Morgan fingerprint density at radius 3 is 2.77 bits per heavy atom. The first-order valence-electron chi connectivity index (χ1n) is 8.35. The summed E-state index contributed by atoms with van der Waals surface area (Å²) in [7, 11) is 3.40. The van der Waals surface area contributed by atoms with Crippen molar-refractivity contribution in [2.75, 3.05) is 18.9 Å². The van der Waals surface area contributed by atoms with Gasteiger partial charge in [-0.05, 0) is 66.3 Å². The molecule has 0 fully saturated rings.